The van der Waals surface area contributed by atoms with Crippen LogP contribution in [0.5, 0.6) is 0 Å². The van der Waals surface area contributed by atoms with Crippen LogP contribution >= 0.6 is 0 Å². The summed E-state index contributed by atoms with van der Waals surface area (Å²) in [6, 6.07) is 7.17. The first-order valence-electron chi connectivity index (χ1n) is 10.4. The molecule has 136 valence electrons. The van der Waals surface area contributed by atoms with E-state index < -0.39 is 0 Å². The number of fused-ring (bicyclic) bond motifs is 1. The minimum absolute atomic E-state index is 0.168. The van der Waals surface area contributed by atoms with Gasteiger partial charge >= 0.3 is 0 Å². The van der Waals surface area contributed by atoms with Gasteiger partial charge in [-0.05, 0) is 73.5 Å². The monoisotopic (exact) mass is 341 g/mol. The molecule has 0 radical (unpaired) electrons. The Hall–Kier alpha value is -1.36. The van der Waals surface area contributed by atoms with Crippen molar-refractivity contribution < 1.29 is 4.39 Å². The molecule has 0 bridgehead atoms. The molecule has 0 N–H and O–H groups in total. The van der Waals surface area contributed by atoms with Crippen LogP contribution < -0.4 is 0 Å². The van der Waals surface area contributed by atoms with Crippen molar-refractivity contribution >= 4 is 0 Å². The third kappa shape index (κ3) is 4.63. The quantitative estimate of drug-likeness (QED) is 0.513. The molecule has 0 unspecified atom stereocenters. The third-order valence-electron chi connectivity index (χ3n) is 6.77. The van der Waals surface area contributed by atoms with Crippen molar-refractivity contribution in [1.82, 2.24) is 0 Å². The number of nitrogens with zero attached hydrogens (tertiary/aromatic N) is 1. The fraction of sp³-hybridized carbons (Fsp3) is 0.696. The van der Waals surface area contributed by atoms with Crippen LogP contribution in [0.15, 0.2) is 18.2 Å². The normalized spacial score (nSPS) is 29.0. The smallest absolute Gasteiger partial charge is 0.141 e. The molecular formula is C23H32FN. The third-order valence-corrected chi connectivity index (χ3v) is 6.77. The van der Waals surface area contributed by atoms with Crippen molar-refractivity contribution in [1.29, 1.82) is 5.26 Å². The van der Waals surface area contributed by atoms with Crippen LogP contribution in [0.25, 0.3) is 0 Å². The summed E-state index contributed by atoms with van der Waals surface area (Å²) in [6.07, 6.45) is 14.9. The highest BCUT2D eigenvalue weighted by Gasteiger charge is 2.35. The number of unbranched alkanes of at least 4 members (excludes halogenated alkanes) is 3. The summed E-state index contributed by atoms with van der Waals surface area (Å²) in [7, 11) is 0. The molecule has 1 aromatic carbocycles. The Kier molecular flexibility index (Phi) is 6.51. The Bertz CT molecular complexity index is 603. The largest absolute Gasteiger partial charge is 0.206 e. The van der Waals surface area contributed by atoms with E-state index in [4.69, 9.17) is 5.26 Å². The first kappa shape index (κ1) is 18.4. The zero-order chi connectivity index (χ0) is 17.6. The van der Waals surface area contributed by atoms with Crippen molar-refractivity contribution in [2.75, 3.05) is 0 Å². The summed E-state index contributed by atoms with van der Waals surface area (Å²) in [5.41, 5.74) is 1.28. The number of nitriles is 1. The Morgan fingerprint density at radius 3 is 2.60 bits per heavy atom. The molecule has 2 fully saturated rings. The molecule has 3 rings (SSSR count). The van der Waals surface area contributed by atoms with Gasteiger partial charge in [0.2, 0.25) is 0 Å². The average Bonchev–Trinajstić information content (AvgIpc) is 2.64. The number of halogens is 1. The first-order chi connectivity index (χ1) is 12.2. The maximum Gasteiger partial charge on any atom is 0.141 e. The van der Waals surface area contributed by atoms with Crippen molar-refractivity contribution in [3.8, 4) is 6.07 Å². The van der Waals surface area contributed by atoms with Crippen LogP contribution in [0.3, 0.4) is 0 Å². The van der Waals surface area contributed by atoms with Crippen molar-refractivity contribution in [3.63, 3.8) is 0 Å². The molecule has 2 heteroatoms. The molecular weight excluding hydrogens is 309 g/mol. The first-order valence-corrected chi connectivity index (χ1v) is 10.4. The van der Waals surface area contributed by atoms with Gasteiger partial charge in [0.05, 0.1) is 5.56 Å². The highest BCUT2D eigenvalue weighted by Crippen LogP contribution is 2.48. The van der Waals surface area contributed by atoms with Gasteiger partial charge in [-0.3, -0.25) is 0 Å². The van der Waals surface area contributed by atoms with Crippen LogP contribution in [0.1, 0.15) is 94.6 Å². The number of hydrogen-bond acceptors (Lipinski definition) is 1. The molecule has 2 aliphatic carbocycles. The Labute approximate surface area is 152 Å². The molecule has 0 heterocycles. The van der Waals surface area contributed by atoms with E-state index in [0.29, 0.717) is 5.92 Å². The minimum Gasteiger partial charge on any atom is -0.206 e. The topological polar surface area (TPSA) is 23.8 Å². The van der Waals surface area contributed by atoms with E-state index in [9.17, 15) is 4.39 Å². The molecule has 2 aliphatic rings. The number of benzene rings is 1. The van der Waals surface area contributed by atoms with Gasteiger partial charge in [-0.25, -0.2) is 4.39 Å². The van der Waals surface area contributed by atoms with Gasteiger partial charge < -0.3 is 0 Å². The van der Waals surface area contributed by atoms with Gasteiger partial charge in [0.25, 0.3) is 0 Å². The van der Waals surface area contributed by atoms with Gasteiger partial charge in [-0.1, -0.05) is 51.5 Å². The van der Waals surface area contributed by atoms with E-state index in [0.717, 1.165) is 23.3 Å². The van der Waals surface area contributed by atoms with E-state index in [1.54, 1.807) is 12.1 Å². The lowest BCUT2D eigenvalue weighted by molar-refractivity contribution is 0.113. The standard InChI is InChI=1S/C23H32FN/c1-2-3-4-5-6-17-7-8-19-14-20(10-9-18(19)13-17)21-11-12-22(16-25)23(24)15-21/h11-12,15,17-20H,2-10,13-14H2,1H3/t17-,18-,19-,20-/m1/s1. The maximum atomic E-state index is 13.9. The van der Waals surface area contributed by atoms with E-state index in [1.165, 1.54) is 70.6 Å². The predicted octanol–water partition coefficient (Wildman–Crippen LogP) is 6.97. The van der Waals surface area contributed by atoms with E-state index in [-0.39, 0.29) is 11.4 Å². The van der Waals surface area contributed by atoms with Crippen molar-refractivity contribution in [2.45, 2.75) is 83.5 Å². The van der Waals surface area contributed by atoms with Crippen LogP contribution in [0.4, 0.5) is 4.39 Å². The van der Waals surface area contributed by atoms with Crippen LogP contribution in [-0.4, -0.2) is 0 Å². The fourth-order valence-corrected chi connectivity index (χ4v) is 5.29. The summed E-state index contributed by atoms with van der Waals surface area (Å²) in [6.45, 7) is 2.28. The highest BCUT2D eigenvalue weighted by atomic mass is 19.1. The van der Waals surface area contributed by atoms with Crippen LogP contribution in [0.2, 0.25) is 0 Å². The summed E-state index contributed by atoms with van der Waals surface area (Å²) in [4.78, 5) is 0. The SMILES string of the molecule is CCCCCC[C@@H]1CC[C@@H]2C[C@H](c3ccc(C#N)c(F)c3)CC[C@@H]2C1. The molecule has 1 nitrogen and oxygen atoms in total. The van der Waals surface area contributed by atoms with Gasteiger partial charge in [0.1, 0.15) is 11.9 Å². The molecule has 25 heavy (non-hydrogen) atoms. The summed E-state index contributed by atoms with van der Waals surface area (Å²) in [5.74, 6) is 2.85. The molecule has 0 amide bonds. The van der Waals surface area contributed by atoms with E-state index in [2.05, 4.69) is 6.92 Å². The second kappa shape index (κ2) is 8.84. The molecule has 0 saturated heterocycles. The molecule has 4 atom stereocenters. The van der Waals surface area contributed by atoms with Gasteiger partial charge in [-0.2, -0.15) is 5.26 Å². The lowest BCUT2D eigenvalue weighted by Crippen LogP contribution is -2.30. The van der Waals surface area contributed by atoms with Gasteiger partial charge in [0.15, 0.2) is 0 Å². The van der Waals surface area contributed by atoms with Gasteiger partial charge in [0, 0.05) is 0 Å². The van der Waals surface area contributed by atoms with Crippen LogP contribution in [0, 0.1) is 34.9 Å². The molecule has 1 aromatic rings. The predicted molar refractivity (Wildman–Crippen MR) is 101 cm³/mol. The molecule has 0 aromatic heterocycles. The van der Waals surface area contributed by atoms with E-state index in [1.807, 2.05) is 12.1 Å². The Morgan fingerprint density at radius 2 is 1.84 bits per heavy atom. The van der Waals surface area contributed by atoms with Crippen molar-refractivity contribution in [3.05, 3.63) is 35.1 Å². The lowest BCUT2D eigenvalue weighted by Gasteiger charge is -2.42. The molecule has 0 aliphatic heterocycles. The maximum absolute atomic E-state index is 13.9. The highest BCUT2D eigenvalue weighted by molar-refractivity contribution is 5.35. The minimum atomic E-state index is -0.349. The summed E-state index contributed by atoms with van der Waals surface area (Å²) >= 11 is 0. The Balaban J connectivity index is 1.52. The second-order valence-electron chi connectivity index (χ2n) is 8.41. The fourth-order valence-electron chi connectivity index (χ4n) is 5.29. The number of hydrogen-bond donors (Lipinski definition) is 0. The zero-order valence-corrected chi connectivity index (χ0v) is 15.6. The van der Waals surface area contributed by atoms with E-state index >= 15 is 0 Å². The summed E-state index contributed by atoms with van der Waals surface area (Å²) < 4.78 is 13.9. The average molecular weight is 342 g/mol. The Morgan fingerprint density at radius 1 is 1.04 bits per heavy atom. The lowest BCUT2D eigenvalue weighted by atomic mass is 9.63. The summed E-state index contributed by atoms with van der Waals surface area (Å²) in [5, 5.41) is 8.90. The number of rotatable bonds is 6. The van der Waals surface area contributed by atoms with Crippen LogP contribution in [-0.2, 0) is 0 Å². The molecule has 2 saturated carbocycles. The second-order valence-corrected chi connectivity index (χ2v) is 8.41. The van der Waals surface area contributed by atoms with Crippen molar-refractivity contribution in [2.24, 2.45) is 17.8 Å². The zero-order valence-electron chi connectivity index (χ0n) is 15.6. The van der Waals surface area contributed by atoms with Gasteiger partial charge in [-0.15, -0.1) is 0 Å². The molecule has 0 spiro atoms.